The molecule has 0 spiro atoms. The van der Waals surface area contributed by atoms with Crippen molar-refractivity contribution < 1.29 is 4.79 Å². The van der Waals surface area contributed by atoms with E-state index in [1.807, 2.05) is 0 Å². The van der Waals surface area contributed by atoms with Crippen molar-refractivity contribution >= 4 is 5.91 Å². The highest BCUT2D eigenvalue weighted by molar-refractivity contribution is 5.75. The number of nitriles is 1. The minimum atomic E-state index is 0.225. The van der Waals surface area contributed by atoms with Gasteiger partial charge in [0.1, 0.15) is 0 Å². The van der Waals surface area contributed by atoms with Crippen molar-refractivity contribution in [3.63, 3.8) is 0 Å². The third-order valence-electron chi connectivity index (χ3n) is 2.40. The summed E-state index contributed by atoms with van der Waals surface area (Å²) < 4.78 is 0. The monoisotopic (exact) mass is 225 g/mol. The van der Waals surface area contributed by atoms with E-state index in [0.29, 0.717) is 6.42 Å². The van der Waals surface area contributed by atoms with Crippen molar-refractivity contribution in [2.45, 2.75) is 51.4 Å². The van der Waals surface area contributed by atoms with Crippen LogP contribution in [0, 0.1) is 11.3 Å². The maximum absolute atomic E-state index is 10.6. The molecule has 92 valence electrons. The van der Waals surface area contributed by atoms with E-state index in [2.05, 4.69) is 11.4 Å². The minimum Gasteiger partial charge on any atom is -0.356 e. The van der Waals surface area contributed by atoms with Crippen LogP contribution in [0.2, 0.25) is 0 Å². The molecule has 0 atom stereocenters. The van der Waals surface area contributed by atoms with E-state index < -0.39 is 0 Å². The predicted molar refractivity (Wildman–Crippen MR) is 64.6 cm³/mol. The Morgan fingerprint density at radius 3 is 2.75 bits per heavy atom. The molecule has 16 heavy (non-hydrogen) atoms. The second kappa shape index (κ2) is 12.0. The van der Waals surface area contributed by atoms with Crippen molar-refractivity contribution in [3.05, 3.63) is 0 Å². The van der Waals surface area contributed by atoms with Crippen LogP contribution < -0.4 is 11.1 Å². The summed E-state index contributed by atoms with van der Waals surface area (Å²) in [4.78, 5) is 10.6. The van der Waals surface area contributed by atoms with E-state index in [0.717, 1.165) is 51.6 Å². The fourth-order valence-electron chi connectivity index (χ4n) is 1.43. The average Bonchev–Trinajstić information content (AvgIpc) is 2.53. The van der Waals surface area contributed by atoms with Gasteiger partial charge in [0.05, 0.1) is 6.07 Å². The van der Waals surface area contributed by atoms with Crippen LogP contribution in [0.5, 0.6) is 0 Å². The zero-order chi connectivity index (χ0) is 12.1. The van der Waals surface area contributed by atoms with E-state index in [-0.39, 0.29) is 5.91 Å². The highest BCUT2D eigenvalue weighted by Gasteiger charge is 2.03. The van der Waals surface area contributed by atoms with Gasteiger partial charge >= 0.3 is 0 Å². The maximum Gasteiger partial charge on any atom is 0.219 e. The molecule has 0 radical (unpaired) electrons. The van der Waals surface area contributed by atoms with Crippen molar-refractivity contribution in [1.29, 1.82) is 5.26 Å². The first-order valence-electron chi connectivity index (χ1n) is 6.15. The Morgan fingerprint density at radius 2 is 2.06 bits per heavy atom. The lowest BCUT2D eigenvalue weighted by atomic mass is 10.2. The van der Waals surface area contributed by atoms with Crippen LogP contribution in [0.25, 0.3) is 0 Å². The lowest BCUT2D eigenvalue weighted by Crippen LogP contribution is -2.21. The molecule has 4 nitrogen and oxygen atoms in total. The Labute approximate surface area is 98.2 Å². The van der Waals surface area contributed by atoms with Gasteiger partial charge in [-0.3, -0.25) is 4.79 Å². The third-order valence-corrected chi connectivity index (χ3v) is 2.40. The van der Waals surface area contributed by atoms with Gasteiger partial charge in [-0.1, -0.05) is 12.8 Å². The summed E-state index contributed by atoms with van der Waals surface area (Å²) in [5, 5.41) is 10.9. The molecular weight excluding hydrogens is 202 g/mol. The van der Waals surface area contributed by atoms with Crippen LogP contribution in [-0.4, -0.2) is 19.0 Å². The Kier molecular flexibility index (Phi) is 11.2. The average molecular weight is 225 g/mol. The number of rotatable bonds is 4. The van der Waals surface area contributed by atoms with E-state index in [1.54, 1.807) is 0 Å². The summed E-state index contributed by atoms with van der Waals surface area (Å²) in [5.41, 5.74) is 5.23. The normalized spacial score (nSPS) is 15.1. The fraction of sp³-hybridized carbons (Fsp3) is 0.833. The van der Waals surface area contributed by atoms with Gasteiger partial charge in [0, 0.05) is 19.4 Å². The second-order valence-electron chi connectivity index (χ2n) is 3.92. The van der Waals surface area contributed by atoms with Gasteiger partial charge in [-0.05, 0) is 32.2 Å². The quantitative estimate of drug-likeness (QED) is 0.715. The van der Waals surface area contributed by atoms with E-state index in [4.69, 9.17) is 11.0 Å². The summed E-state index contributed by atoms with van der Waals surface area (Å²) in [6.45, 7) is 1.64. The smallest absolute Gasteiger partial charge is 0.219 e. The van der Waals surface area contributed by atoms with E-state index in [9.17, 15) is 4.79 Å². The Bertz CT molecular complexity index is 201. The first kappa shape index (κ1) is 14.9. The van der Waals surface area contributed by atoms with Gasteiger partial charge in [0.25, 0.3) is 0 Å². The van der Waals surface area contributed by atoms with Gasteiger partial charge in [0.2, 0.25) is 5.91 Å². The fourth-order valence-corrected chi connectivity index (χ4v) is 1.43. The molecule has 0 unspecified atom stereocenters. The first-order chi connectivity index (χ1) is 7.81. The number of hydrogen-bond donors (Lipinski definition) is 2. The highest BCUT2D eigenvalue weighted by Crippen LogP contribution is 2.02. The lowest BCUT2D eigenvalue weighted by molar-refractivity contribution is -0.120. The summed E-state index contributed by atoms with van der Waals surface area (Å²) in [7, 11) is 0. The molecule has 1 rings (SSSR count). The molecular formula is C12H23N3O. The molecule has 3 N–H and O–H groups in total. The zero-order valence-corrected chi connectivity index (χ0v) is 10.0. The van der Waals surface area contributed by atoms with Crippen LogP contribution in [0.4, 0.5) is 0 Å². The largest absolute Gasteiger partial charge is 0.356 e. The van der Waals surface area contributed by atoms with Gasteiger partial charge in [-0.15, -0.1) is 0 Å². The number of hydrogen-bond acceptors (Lipinski definition) is 3. The molecule has 1 fully saturated rings. The molecule has 1 saturated heterocycles. The van der Waals surface area contributed by atoms with Crippen molar-refractivity contribution in [2.24, 2.45) is 5.73 Å². The summed E-state index contributed by atoms with van der Waals surface area (Å²) in [6.07, 6.45) is 8.02. The third kappa shape index (κ3) is 11.0. The van der Waals surface area contributed by atoms with Gasteiger partial charge < -0.3 is 11.1 Å². The van der Waals surface area contributed by atoms with Gasteiger partial charge in [-0.25, -0.2) is 0 Å². The van der Waals surface area contributed by atoms with Crippen LogP contribution in [0.1, 0.15) is 51.4 Å². The SMILES string of the molecule is N#CCCCCCN.O=C1CCCCCN1. The van der Waals surface area contributed by atoms with Crippen molar-refractivity contribution in [2.75, 3.05) is 13.1 Å². The number of carbonyl (C=O) groups is 1. The molecule has 0 aliphatic carbocycles. The topological polar surface area (TPSA) is 78.9 Å². The number of amides is 1. The molecule has 0 aromatic rings. The van der Waals surface area contributed by atoms with Crippen LogP contribution in [-0.2, 0) is 4.79 Å². The summed E-state index contributed by atoms with van der Waals surface area (Å²) in [6, 6.07) is 2.09. The minimum absolute atomic E-state index is 0.225. The van der Waals surface area contributed by atoms with E-state index in [1.165, 1.54) is 6.42 Å². The first-order valence-corrected chi connectivity index (χ1v) is 6.15. The summed E-state index contributed by atoms with van der Waals surface area (Å²) in [5.74, 6) is 0.225. The maximum atomic E-state index is 10.6. The number of unbranched alkanes of at least 4 members (excludes halogenated alkanes) is 3. The molecule has 0 aromatic heterocycles. The molecule has 0 aromatic carbocycles. The van der Waals surface area contributed by atoms with Crippen LogP contribution in [0.15, 0.2) is 0 Å². The standard InChI is InChI=1S/C6H12N2.C6H11NO/c7-5-3-1-2-4-6-8;8-6-4-2-1-3-5-7-6/h1-5,7H2;1-5H2,(H,7,8). The van der Waals surface area contributed by atoms with Gasteiger partial charge in [0.15, 0.2) is 0 Å². The van der Waals surface area contributed by atoms with Crippen molar-refractivity contribution in [3.8, 4) is 6.07 Å². The summed E-state index contributed by atoms with van der Waals surface area (Å²) >= 11 is 0. The molecule has 1 amide bonds. The lowest BCUT2D eigenvalue weighted by Gasteiger charge is -1.93. The number of nitrogens with two attached hydrogens (primary N) is 1. The molecule has 1 aliphatic heterocycles. The molecule has 1 heterocycles. The zero-order valence-electron chi connectivity index (χ0n) is 10.0. The number of nitrogens with one attached hydrogen (secondary N) is 1. The molecule has 1 aliphatic rings. The number of carbonyl (C=O) groups excluding carboxylic acids is 1. The Balaban J connectivity index is 0.000000281. The Morgan fingerprint density at radius 1 is 1.25 bits per heavy atom. The molecule has 0 bridgehead atoms. The predicted octanol–water partition coefficient (Wildman–Crippen LogP) is 1.71. The van der Waals surface area contributed by atoms with Crippen LogP contribution >= 0.6 is 0 Å². The van der Waals surface area contributed by atoms with Gasteiger partial charge in [-0.2, -0.15) is 5.26 Å². The highest BCUT2D eigenvalue weighted by atomic mass is 16.1. The molecule has 0 saturated carbocycles. The van der Waals surface area contributed by atoms with Crippen LogP contribution in [0.3, 0.4) is 0 Å². The Hall–Kier alpha value is -1.08. The van der Waals surface area contributed by atoms with E-state index >= 15 is 0 Å². The second-order valence-corrected chi connectivity index (χ2v) is 3.92. The molecule has 4 heteroatoms. The number of nitrogens with zero attached hydrogens (tertiary/aromatic N) is 1. The van der Waals surface area contributed by atoms with Crippen molar-refractivity contribution in [1.82, 2.24) is 5.32 Å².